The second-order valence-corrected chi connectivity index (χ2v) is 11.7. The Labute approximate surface area is 281 Å². The fourth-order valence-corrected chi connectivity index (χ4v) is 5.81. The van der Waals surface area contributed by atoms with E-state index in [1.807, 2.05) is 74.6 Å². The Kier molecular flexibility index (Phi) is 10.5. The Balaban J connectivity index is 1.24. The van der Waals surface area contributed by atoms with E-state index in [0.717, 1.165) is 41.2 Å². The van der Waals surface area contributed by atoms with Gasteiger partial charge in [0.25, 0.3) is 0 Å². The predicted octanol–water partition coefficient (Wildman–Crippen LogP) is 7.62. The molecule has 1 fully saturated rings. The molecule has 1 aliphatic heterocycles. The van der Waals surface area contributed by atoms with Crippen LogP contribution >= 0.6 is 0 Å². The van der Waals surface area contributed by atoms with Crippen molar-refractivity contribution in [1.29, 1.82) is 0 Å². The molecular formula is C37H41N7O4. The molecule has 11 nitrogen and oxygen atoms in total. The number of benzene rings is 3. The van der Waals surface area contributed by atoms with Gasteiger partial charge in [0.15, 0.2) is 0 Å². The molecule has 2 aromatic heterocycles. The molecule has 0 saturated carbocycles. The molecule has 248 valence electrons. The predicted molar refractivity (Wildman–Crippen MR) is 186 cm³/mol. The van der Waals surface area contributed by atoms with Crippen LogP contribution in [-0.4, -0.2) is 64.1 Å². The van der Waals surface area contributed by atoms with Crippen LogP contribution in [0.15, 0.2) is 91.4 Å². The first-order valence-electron chi connectivity index (χ1n) is 16.3. The van der Waals surface area contributed by atoms with Gasteiger partial charge in [0.1, 0.15) is 23.1 Å². The number of ether oxygens (including phenoxy) is 3. The maximum atomic E-state index is 14.1. The Bertz CT molecular complexity index is 1800. The summed E-state index contributed by atoms with van der Waals surface area (Å²) in [5, 5.41) is 7.58. The van der Waals surface area contributed by atoms with Crippen molar-refractivity contribution in [2.24, 2.45) is 0 Å². The Hall–Kier alpha value is -5.42. The largest absolute Gasteiger partial charge is 0.494 e. The summed E-state index contributed by atoms with van der Waals surface area (Å²) in [5.41, 5.74) is 3.63. The van der Waals surface area contributed by atoms with Crippen LogP contribution in [-0.2, 0) is 0 Å². The van der Waals surface area contributed by atoms with Gasteiger partial charge in [0.2, 0.25) is 5.95 Å². The van der Waals surface area contributed by atoms with E-state index in [9.17, 15) is 4.79 Å². The number of hydrogen-bond donors (Lipinski definition) is 1. The van der Waals surface area contributed by atoms with Gasteiger partial charge in [0, 0.05) is 49.0 Å². The van der Waals surface area contributed by atoms with E-state index in [1.54, 1.807) is 42.4 Å². The molecule has 0 aliphatic carbocycles. The number of para-hydroxylation sites is 1. The number of carbonyl (C=O) groups excluding carboxylic acids is 1. The van der Waals surface area contributed by atoms with E-state index in [1.165, 1.54) is 37.3 Å². The number of anilines is 4. The third kappa shape index (κ3) is 7.92. The Morgan fingerprint density at radius 3 is 2.52 bits per heavy atom. The van der Waals surface area contributed by atoms with Gasteiger partial charge in [-0.1, -0.05) is 30.7 Å². The van der Waals surface area contributed by atoms with Gasteiger partial charge in [-0.05, 0) is 87.7 Å². The summed E-state index contributed by atoms with van der Waals surface area (Å²) in [6.07, 6.45) is 9.36. The minimum atomic E-state index is -0.651. The van der Waals surface area contributed by atoms with Crippen LogP contribution in [0.2, 0.25) is 0 Å². The van der Waals surface area contributed by atoms with Crippen LogP contribution in [0, 0.1) is 13.8 Å². The summed E-state index contributed by atoms with van der Waals surface area (Å²) < 4.78 is 19.6. The number of piperidine rings is 1. The highest BCUT2D eigenvalue weighted by molar-refractivity contribution is 5.98. The number of likely N-dealkylation sites (tertiary alicyclic amines) is 1. The van der Waals surface area contributed by atoms with Crippen molar-refractivity contribution in [2.75, 3.05) is 43.6 Å². The molecule has 1 aliphatic rings. The molecule has 11 heteroatoms. The van der Waals surface area contributed by atoms with Gasteiger partial charge >= 0.3 is 6.09 Å². The van der Waals surface area contributed by atoms with Crippen molar-refractivity contribution in [3.63, 3.8) is 0 Å². The number of nitrogens with zero attached hydrogens (tertiary/aromatic N) is 6. The van der Waals surface area contributed by atoms with E-state index in [2.05, 4.69) is 20.3 Å². The SMILES string of the molecule is COc1cc(-n2cccn2)ccc1N(C(=O)Oc1c(C)cccc1C)c1ccnc(Nc2cccc(OCCCN3CCCCC3)c2)n1. The average molecular weight is 648 g/mol. The third-order valence-electron chi connectivity index (χ3n) is 8.25. The van der Waals surface area contributed by atoms with Crippen LogP contribution in [0.25, 0.3) is 5.69 Å². The first kappa shape index (κ1) is 32.5. The molecule has 0 spiro atoms. The van der Waals surface area contributed by atoms with E-state index in [0.29, 0.717) is 35.6 Å². The number of aryl methyl sites for hydroxylation is 2. The standard InChI is InChI=1S/C37H41N7O4/c1-27-11-7-12-28(2)35(27)48-37(45)44(32-16-15-30(26-33(32)46-3)43-23-9-18-39-43)34-17-19-38-36(41-34)40-29-13-8-14-31(25-29)47-24-10-22-42-20-5-4-6-21-42/h7-9,11-19,23,25-26H,4-6,10,20-22,24H2,1-3H3,(H,38,40,41). The fraction of sp³-hybridized carbons (Fsp3) is 0.297. The lowest BCUT2D eigenvalue weighted by atomic mass is 10.1. The van der Waals surface area contributed by atoms with Gasteiger partial charge in [-0.25, -0.2) is 19.4 Å². The summed E-state index contributed by atoms with van der Waals surface area (Å²) >= 11 is 0. The van der Waals surface area contributed by atoms with Crippen molar-refractivity contribution in [1.82, 2.24) is 24.6 Å². The van der Waals surface area contributed by atoms with Gasteiger partial charge in [0.05, 0.1) is 25.1 Å². The van der Waals surface area contributed by atoms with Gasteiger partial charge < -0.3 is 24.4 Å². The second-order valence-electron chi connectivity index (χ2n) is 11.7. The average Bonchev–Trinajstić information content (AvgIpc) is 3.65. The van der Waals surface area contributed by atoms with Crippen molar-refractivity contribution in [3.05, 3.63) is 103 Å². The topological polar surface area (TPSA) is 107 Å². The van der Waals surface area contributed by atoms with Crippen LogP contribution in [0.3, 0.4) is 0 Å². The quantitative estimate of drug-likeness (QED) is 0.137. The van der Waals surface area contributed by atoms with Crippen molar-refractivity contribution >= 4 is 29.2 Å². The summed E-state index contributed by atoms with van der Waals surface area (Å²) in [4.78, 5) is 27.1. The minimum Gasteiger partial charge on any atom is -0.494 e. The normalized spacial score (nSPS) is 13.1. The Morgan fingerprint density at radius 1 is 0.938 bits per heavy atom. The zero-order valence-electron chi connectivity index (χ0n) is 27.6. The molecule has 5 aromatic rings. The highest BCUT2D eigenvalue weighted by Crippen LogP contribution is 2.36. The van der Waals surface area contributed by atoms with E-state index < -0.39 is 6.09 Å². The highest BCUT2D eigenvalue weighted by atomic mass is 16.6. The third-order valence-corrected chi connectivity index (χ3v) is 8.25. The number of methoxy groups -OCH3 is 1. The first-order chi connectivity index (χ1) is 23.5. The number of carbonyl (C=O) groups is 1. The lowest BCUT2D eigenvalue weighted by Crippen LogP contribution is -2.31. The highest BCUT2D eigenvalue weighted by Gasteiger charge is 2.27. The number of amides is 1. The number of hydrogen-bond acceptors (Lipinski definition) is 9. The van der Waals surface area contributed by atoms with E-state index in [4.69, 9.17) is 19.2 Å². The van der Waals surface area contributed by atoms with Gasteiger partial charge in [-0.3, -0.25) is 0 Å². The Morgan fingerprint density at radius 2 is 1.75 bits per heavy atom. The molecule has 6 rings (SSSR count). The lowest BCUT2D eigenvalue weighted by molar-refractivity contribution is 0.205. The number of nitrogens with one attached hydrogen (secondary N) is 1. The molecular weight excluding hydrogens is 606 g/mol. The number of aromatic nitrogens is 4. The molecule has 1 amide bonds. The first-order valence-corrected chi connectivity index (χ1v) is 16.3. The van der Waals surface area contributed by atoms with Crippen molar-refractivity contribution in [2.45, 2.75) is 39.5 Å². The maximum Gasteiger partial charge on any atom is 0.425 e. The zero-order valence-corrected chi connectivity index (χ0v) is 27.6. The van der Waals surface area contributed by atoms with Gasteiger partial charge in [-0.15, -0.1) is 0 Å². The van der Waals surface area contributed by atoms with Gasteiger partial charge in [-0.2, -0.15) is 10.1 Å². The molecule has 1 saturated heterocycles. The molecule has 0 bridgehead atoms. The second kappa shape index (κ2) is 15.4. The van der Waals surface area contributed by atoms with Crippen LogP contribution in [0.5, 0.6) is 17.2 Å². The minimum absolute atomic E-state index is 0.291. The molecule has 48 heavy (non-hydrogen) atoms. The molecule has 0 atom stereocenters. The zero-order chi connectivity index (χ0) is 33.3. The molecule has 3 aromatic carbocycles. The molecule has 0 radical (unpaired) electrons. The van der Waals surface area contributed by atoms with E-state index >= 15 is 0 Å². The smallest absolute Gasteiger partial charge is 0.425 e. The molecule has 0 unspecified atom stereocenters. The molecule has 1 N–H and O–H groups in total. The monoisotopic (exact) mass is 647 g/mol. The van der Waals surface area contributed by atoms with Crippen molar-refractivity contribution in [3.8, 4) is 22.9 Å². The summed E-state index contributed by atoms with van der Waals surface area (Å²) in [7, 11) is 1.55. The van der Waals surface area contributed by atoms with E-state index in [-0.39, 0.29) is 0 Å². The number of rotatable bonds is 12. The summed E-state index contributed by atoms with van der Waals surface area (Å²) in [6, 6.07) is 22.3. The van der Waals surface area contributed by atoms with Crippen LogP contribution < -0.4 is 24.4 Å². The maximum absolute atomic E-state index is 14.1. The summed E-state index contributed by atoms with van der Waals surface area (Å²) in [6.45, 7) is 7.87. The van der Waals surface area contributed by atoms with Crippen LogP contribution in [0.4, 0.5) is 27.9 Å². The lowest BCUT2D eigenvalue weighted by Gasteiger charge is -2.26. The van der Waals surface area contributed by atoms with Crippen molar-refractivity contribution < 1.29 is 19.0 Å². The summed E-state index contributed by atoms with van der Waals surface area (Å²) in [5.74, 6) is 2.26. The fourth-order valence-electron chi connectivity index (χ4n) is 5.81. The van der Waals surface area contributed by atoms with Crippen LogP contribution in [0.1, 0.15) is 36.8 Å². The molecule has 3 heterocycles.